The van der Waals surface area contributed by atoms with Gasteiger partial charge in [0, 0.05) is 17.8 Å². The van der Waals surface area contributed by atoms with Crippen LogP contribution in [-0.2, 0) is 9.59 Å². The average molecular weight is 328 g/mol. The van der Waals surface area contributed by atoms with Crippen LogP contribution in [0, 0.1) is 35.0 Å². The van der Waals surface area contributed by atoms with E-state index in [0.29, 0.717) is 30.0 Å². The summed E-state index contributed by atoms with van der Waals surface area (Å²) < 4.78 is 0. The first-order valence-corrected chi connectivity index (χ1v) is 9.48. The van der Waals surface area contributed by atoms with Crippen molar-refractivity contribution in [2.75, 3.05) is 0 Å². The quantitative estimate of drug-likeness (QED) is 0.802. The fourth-order valence-electron chi connectivity index (χ4n) is 6.61. The molecule has 130 valence electrons. The number of rotatable bonds is 1. The van der Waals surface area contributed by atoms with Crippen molar-refractivity contribution >= 4 is 11.6 Å². The van der Waals surface area contributed by atoms with Crippen LogP contribution in [-0.4, -0.2) is 22.8 Å². The highest BCUT2D eigenvalue weighted by molar-refractivity contribution is 6.02. The molecule has 7 unspecified atom stereocenters. The molecule has 0 bridgehead atoms. The van der Waals surface area contributed by atoms with Crippen molar-refractivity contribution in [2.45, 2.75) is 59.0 Å². The van der Waals surface area contributed by atoms with Gasteiger partial charge in [0.25, 0.3) is 0 Å². The zero-order valence-electron chi connectivity index (χ0n) is 14.9. The van der Waals surface area contributed by atoms with Gasteiger partial charge >= 0.3 is 0 Å². The predicted octanol–water partition coefficient (Wildman–Crippen LogP) is 3.47. The minimum absolute atomic E-state index is 0.0311. The molecule has 7 atom stereocenters. The molecular formula is C21H28O3. The number of hydrogen-bond acceptors (Lipinski definition) is 3. The molecule has 0 radical (unpaired) electrons. The van der Waals surface area contributed by atoms with Crippen LogP contribution in [0.5, 0.6) is 0 Å². The molecule has 4 aliphatic rings. The summed E-state index contributed by atoms with van der Waals surface area (Å²) in [7, 11) is 0. The molecule has 3 fully saturated rings. The molecule has 3 nitrogen and oxygen atoms in total. The molecular weight excluding hydrogens is 300 g/mol. The summed E-state index contributed by atoms with van der Waals surface area (Å²) in [5, 5.41) is 10.3. The van der Waals surface area contributed by atoms with Gasteiger partial charge in [-0.1, -0.05) is 18.1 Å². The van der Waals surface area contributed by atoms with Gasteiger partial charge in [0.05, 0.1) is 6.10 Å². The Labute approximate surface area is 144 Å². The minimum atomic E-state index is -0.406. The molecule has 0 aromatic carbocycles. The molecule has 4 rings (SSSR count). The van der Waals surface area contributed by atoms with E-state index in [1.807, 2.05) is 19.1 Å². The highest BCUT2D eigenvalue weighted by Gasteiger charge is 2.58. The molecule has 24 heavy (non-hydrogen) atoms. The summed E-state index contributed by atoms with van der Waals surface area (Å²) in [4.78, 5) is 24.5. The van der Waals surface area contributed by atoms with E-state index in [1.54, 1.807) is 0 Å². The number of Topliss-reactive ketones (excluding diaryl/α,β-unsaturated/α-hetero) is 1. The molecule has 3 saturated carbocycles. The van der Waals surface area contributed by atoms with Gasteiger partial charge in [-0.05, 0) is 75.4 Å². The predicted molar refractivity (Wildman–Crippen MR) is 92.2 cm³/mol. The van der Waals surface area contributed by atoms with Crippen molar-refractivity contribution < 1.29 is 14.7 Å². The van der Waals surface area contributed by atoms with Crippen LogP contribution in [0.15, 0.2) is 23.3 Å². The van der Waals surface area contributed by atoms with E-state index >= 15 is 0 Å². The van der Waals surface area contributed by atoms with Gasteiger partial charge in [-0.25, -0.2) is 0 Å². The van der Waals surface area contributed by atoms with Crippen LogP contribution >= 0.6 is 0 Å². The van der Waals surface area contributed by atoms with Gasteiger partial charge in [-0.2, -0.15) is 0 Å². The highest BCUT2D eigenvalue weighted by atomic mass is 16.3. The zero-order valence-corrected chi connectivity index (χ0v) is 14.9. The Morgan fingerprint density at radius 3 is 2.67 bits per heavy atom. The fraction of sp³-hybridized carbons (Fsp3) is 0.714. The van der Waals surface area contributed by atoms with Crippen LogP contribution in [0.4, 0.5) is 0 Å². The van der Waals surface area contributed by atoms with Crippen LogP contribution in [0.1, 0.15) is 52.9 Å². The monoisotopic (exact) mass is 328 g/mol. The van der Waals surface area contributed by atoms with Gasteiger partial charge < -0.3 is 5.11 Å². The highest BCUT2D eigenvalue weighted by Crippen LogP contribution is 2.63. The smallest absolute Gasteiger partial charge is 0.178 e. The van der Waals surface area contributed by atoms with Gasteiger partial charge in [0.1, 0.15) is 5.78 Å². The molecule has 0 heterocycles. The first-order valence-electron chi connectivity index (χ1n) is 9.48. The molecule has 0 saturated heterocycles. The third-order valence-electron chi connectivity index (χ3n) is 7.88. The van der Waals surface area contributed by atoms with E-state index in [9.17, 15) is 14.7 Å². The normalized spacial score (nSPS) is 45.8. The molecule has 1 N–H and O–H groups in total. The van der Waals surface area contributed by atoms with Crippen LogP contribution in [0.2, 0.25) is 0 Å². The SMILES string of the molecule is CC1=CC(=O)C=C2CCC3C4C(CCC3C12C)C(=O)CC4C(C)O. The van der Waals surface area contributed by atoms with Crippen molar-refractivity contribution in [1.29, 1.82) is 0 Å². The first-order chi connectivity index (χ1) is 11.3. The maximum atomic E-state index is 12.5. The zero-order chi connectivity index (χ0) is 17.2. The van der Waals surface area contributed by atoms with Gasteiger partial charge in [-0.15, -0.1) is 0 Å². The number of carbonyl (C=O) groups is 2. The number of carbonyl (C=O) groups excluding carboxylic acids is 2. The van der Waals surface area contributed by atoms with Gasteiger partial charge in [0.2, 0.25) is 0 Å². The lowest BCUT2D eigenvalue weighted by Crippen LogP contribution is -2.49. The van der Waals surface area contributed by atoms with Crippen LogP contribution < -0.4 is 0 Å². The number of ketones is 2. The summed E-state index contributed by atoms with van der Waals surface area (Å²) in [6.07, 6.45) is 7.86. The van der Waals surface area contributed by atoms with Crippen LogP contribution in [0.25, 0.3) is 0 Å². The van der Waals surface area contributed by atoms with Crippen molar-refractivity contribution in [3.05, 3.63) is 23.3 Å². The standard InChI is InChI=1S/C21H28O3/c1-11-8-14(23)9-13-4-5-15-18(21(11,13)3)7-6-16-19(24)10-17(12(2)22)20(15)16/h8-9,12,15-18,20,22H,4-7,10H2,1-3H3. The Balaban J connectivity index is 1.74. The van der Waals surface area contributed by atoms with Gasteiger partial charge in [-0.3, -0.25) is 9.59 Å². The number of fused-ring (bicyclic) bond motifs is 5. The largest absolute Gasteiger partial charge is 0.393 e. The first kappa shape index (κ1) is 16.3. The van der Waals surface area contributed by atoms with Crippen molar-refractivity contribution in [1.82, 2.24) is 0 Å². The maximum Gasteiger partial charge on any atom is 0.178 e. The lowest BCUT2D eigenvalue weighted by molar-refractivity contribution is -0.123. The minimum Gasteiger partial charge on any atom is -0.393 e. The van der Waals surface area contributed by atoms with E-state index in [2.05, 4.69) is 13.8 Å². The Bertz CT molecular complexity index is 656. The van der Waals surface area contributed by atoms with E-state index in [0.717, 1.165) is 25.7 Å². The van der Waals surface area contributed by atoms with E-state index < -0.39 is 6.10 Å². The van der Waals surface area contributed by atoms with Crippen LogP contribution in [0.3, 0.4) is 0 Å². The molecule has 0 aromatic rings. The van der Waals surface area contributed by atoms with E-state index in [-0.39, 0.29) is 23.0 Å². The molecule has 3 heteroatoms. The summed E-state index contributed by atoms with van der Waals surface area (Å²) >= 11 is 0. The fourth-order valence-corrected chi connectivity index (χ4v) is 6.61. The second-order valence-corrected chi connectivity index (χ2v) is 8.75. The van der Waals surface area contributed by atoms with Crippen molar-refractivity contribution in [3.8, 4) is 0 Å². The van der Waals surface area contributed by atoms with Crippen molar-refractivity contribution in [3.63, 3.8) is 0 Å². The van der Waals surface area contributed by atoms with Crippen molar-refractivity contribution in [2.24, 2.45) is 35.0 Å². The maximum absolute atomic E-state index is 12.5. The topological polar surface area (TPSA) is 54.4 Å². The Morgan fingerprint density at radius 2 is 1.96 bits per heavy atom. The third kappa shape index (κ3) is 2.06. The number of aliphatic hydroxyl groups excluding tert-OH is 1. The lowest BCUT2D eigenvalue weighted by Gasteiger charge is -2.55. The molecule has 0 amide bonds. The van der Waals surface area contributed by atoms with Gasteiger partial charge in [0.15, 0.2) is 5.78 Å². The second-order valence-electron chi connectivity index (χ2n) is 8.75. The number of hydrogen-bond donors (Lipinski definition) is 1. The second kappa shape index (κ2) is 5.39. The number of aliphatic hydroxyl groups is 1. The molecule has 0 aliphatic heterocycles. The summed E-state index contributed by atoms with van der Waals surface area (Å²) in [6, 6.07) is 0. The average Bonchev–Trinajstić information content (AvgIpc) is 2.86. The summed E-state index contributed by atoms with van der Waals surface area (Å²) in [5.74, 6) is 2.11. The number of allylic oxidation sites excluding steroid dienone is 4. The van der Waals surface area contributed by atoms with E-state index in [4.69, 9.17) is 0 Å². The Hall–Kier alpha value is -1.22. The Morgan fingerprint density at radius 1 is 1.21 bits per heavy atom. The molecule has 0 aromatic heterocycles. The molecule has 4 aliphatic carbocycles. The summed E-state index contributed by atoms with van der Waals surface area (Å²) in [5.41, 5.74) is 2.46. The molecule has 0 spiro atoms. The summed E-state index contributed by atoms with van der Waals surface area (Å²) in [6.45, 7) is 6.26. The lowest BCUT2D eigenvalue weighted by atomic mass is 9.48. The third-order valence-corrected chi connectivity index (χ3v) is 7.88. The van der Waals surface area contributed by atoms with E-state index in [1.165, 1.54) is 11.1 Å². The Kier molecular flexibility index (Phi) is 3.65.